The van der Waals surface area contributed by atoms with Crippen LogP contribution in [0.5, 0.6) is 0 Å². The number of hydrogen-bond acceptors (Lipinski definition) is 5. The Morgan fingerprint density at radius 3 is 2.03 bits per heavy atom. The van der Waals surface area contributed by atoms with Crippen LogP contribution in [-0.2, 0) is 6.18 Å². The predicted octanol–water partition coefficient (Wildman–Crippen LogP) is 4.63. The van der Waals surface area contributed by atoms with Crippen molar-refractivity contribution in [3.63, 3.8) is 0 Å². The van der Waals surface area contributed by atoms with Gasteiger partial charge in [-0.05, 0) is 29.8 Å². The molecule has 0 fully saturated rings. The molecule has 0 radical (unpaired) electrons. The maximum atomic E-state index is 12.9. The summed E-state index contributed by atoms with van der Waals surface area (Å²) < 4.78 is 38.6. The first-order valence-corrected chi connectivity index (χ1v) is 8.12. The van der Waals surface area contributed by atoms with Gasteiger partial charge in [0.1, 0.15) is 23.5 Å². The SMILES string of the molecule is N#Cc1cccc(-c2nc(N)c(C#N)c(-c3ccc(C(F)(F)F)cc3)c2C#N)c1. The molecule has 2 N–H and O–H groups in total. The Morgan fingerprint density at radius 2 is 1.48 bits per heavy atom. The standard InChI is InChI=1S/C21H10F3N5/c22-21(23,24)15-6-4-13(5-7-15)18-16(10-26)19(29-20(28)17(18)11-27)14-3-1-2-12(8-14)9-25/h1-8H,(H2,28,29). The third-order valence-corrected chi connectivity index (χ3v) is 4.21. The fourth-order valence-electron chi connectivity index (χ4n) is 2.89. The van der Waals surface area contributed by atoms with Gasteiger partial charge in [-0.15, -0.1) is 0 Å². The first-order chi connectivity index (χ1) is 13.8. The minimum Gasteiger partial charge on any atom is -0.383 e. The van der Waals surface area contributed by atoms with E-state index in [2.05, 4.69) is 4.98 Å². The fraction of sp³-hybridized carbons (Fsp3) is 0.0476. The highest BCUT2D eigenvalue weighted by atomic mass is 19.4. The van der Waals surface area contributed by atoms with Crippen molar-refractivity contribution in [2.45, 2.75) is 6.18 Å². The third-order valence-electron chi connectivity index (χ3n) is 4.21. The highest BCUT2D eigenvalue weighted by Crippen LogP contribution is 2.37. The number of nitrogens with zero attached hydrogens (tertiary/aromatic N) is 4. The number of pyridine rings is 1. The monoisotopic (exact) mass is 389 g/mol. The van der Waals surface area contributed by atoms with Gasteiger partial charge in [0, 0.05) is 11.1 Å². The van der Waals surface area contributed by atoms with Crippen molar-refractivity contribution < 1.29 is 13.2 Å². The molecule has 0 unspecified atom stereocenters. The zero-order chi connectivity index (χ0) is 21.2. The van der Waals surface area contributed by atoms with Crippen LogP contribution in [0.2, 0.25) is 0 Å². The Bertz CT molecular complexity index is 1220. The van der Waals surface area contributed by atoms with Gasteiger partial charge < -0.3 is 5.73 Å². The van der Waals surface area contributed by atoms with Crippen LogP contribution in [0.25, 0.3) is 22.4 Å². The fourth-order valence-corrected chi connectivity index (χ4v) is 2.89. The van der Waals surface area contributed by atoms with E-state index in [0.29, 0.717) is 11.1 Å². The van der Waals surface area contributed by atoms with Crippen LogP contribution in [0.1, 0.15) is 22.3 Å². The van der Waals surface area contributed by atoms with E-state index in [0.717, 1.165) is 12.1 Å². The second kappa shape index (κ2) is 7.34. The Labute approximate surface area is 163 Å². The number of nitrogens with two attached hydrogens (primary N) is 1. The third kappa shape index (κ3) is 3.58. The number of benzene rings is 2. The van der Waals surface area contributed by atoms with E-state index in [-0.39, 0.29) is 33.8 Å². The topological polar surface area (TPSA) is 110 Å². The average molecular weight is 389 g/mol. The molecule has 0 bridgehead atoms. The Balaban J connectivity index is 2.32. The molecule has 2 aromatic carbocycles. The number of anilines is 1. The van der Waals surface area contributed by atoms with Gasteiger partial charge in [0.15, 0.2) is 0 Å². The lowest BCUT2D eigenvalue weighted by Gasteiger charge is -2.14. The molecule has 0 atom stereocenters. The van der Waals surface area contributed by atoms with Crippen molar-refractivity contribution >= 4 is 5.82 Å². The smallest absolute Gasteiger partial charge is 0.383 e. The lowest BCUT2D eigenvalue weighted by Crippen LogP contribution is -2.06. The zero-order valence-corrected chi connectivity index (χ0v) is 14.6. The van der Waals surface area contributed by atoms with Crippen LogP contribution >= 0.6 is 0 Å². The number of nitriles is 3. The van der Waals surface area contributed by atoms with Gasteiger partial charge in [-0.3, -0.25) is 0 Å². The molecular weight excluding hydrogens is 379 g/mol. The van der Waals surface area contributed by atoms with Crippen LogP contribution < -0.4 is 5.73 Å². The van der Waals surface area contributed by atoms with Crippen molar-refractivity contribution in [1.82, 2.24) is 4.98 Å². The van der Waals surface area contributed by atoms with E-state index < -0.39 is 11.7 Å². The molecule has 3 aromatic rings. The summed E-state index contributed by atoms with van der Waals surface area (Å²) in [6, 6.07) is 16.2. The zero-order valence-electron chi connectivity index (χ0n) is 14.6. The lowest BCUT2D eigenvalue weighted by molar-refractivity contribution is -0.137. The second-order valence-corrected chi connectivity index (χ2v) is 5.96. The van der Waals surface area contributed by atoms with Crippen molar-refractivity contribution in [3.05, 3.63) is 70.8 Å². The van der Waals surface area contributed by atoms with Crippen LogP contribution in [-0.4, -0.2) is 4.98 Å². The van der Waals surface area contributed by atoms with E-state index in [1.165, 1.54) is 18.2 Å². The predicted molar refractivity (Wildman–Crippen MR) is 98.7 cm³/mol. The van der Waals surface area contributed by atoms with Crippen LogP contribution in [0.4, 0.5) is 19.0 Å². The molecule has 5 nitrogen and oxygen atoms in total. The van der Waals surface area contributed by atoms with E-state index in [1.807, 2.05) is 18.2 Å². The quantitative estimate of drug-likeness (QED) is 0.687. The van der Waals surface area contributed by atoms with Gasteiger partial charge >= 0.3 is 6.18 Å². The normalized spacial score (nSPS) is 10.6. The molecule has 3 rings (SSSR count). The van der Waals surface area contributed by atoms with Crippen LogP contribution in [0.3, 0.4) is 0 Å². The molecule has 0 amide bonds. The maximum absolute atomic E-state index is 12.9. The molecule has 1 heterocycles. The van der Waals surface area contributed by atoms with Crippen LogP contribution in [0, 0.1) is 34.0 Å². The number of halogens is 3. The van der Waals surface area contributed by atoms with Gasteiger partial charge in [0.25, 0.3) is 0 Å². The van der Waals surface area contributed by atoms with Gasteiger partial charge in [0.2, 0.25) is 0 Å². The highest BCUT2D eigenvalue weighted by molar-refractivity contribution is 5.87. The molecule has 0 saturated carbocycles. The Morgan fingerprint density at radius 1 is 0.828 bits per heavy atom. The van der Waals surface area contributed by atoms with E-state index in [9.17, 15) is 23.7 Å². The average Bonchev–Trinajstić information content (AvgIpc) is 2.72. The molecule has 0 aliphatic heterocycles. The van der Waals surface area contributed by atoms with Crippen molar-refractivity contribution in [3.8, 4) is 40.6 Å². The summed E-state index contributed by atoms with van der Waals surface area (Å²) in [5, 5.41) is 28.4. The number of rotatable bonds is 2. The number of hydrogen-bond donors (Lipinski definition) is 1. The van der Waals surface area contributed by atoms with Crippen molar-refractivity contribution in [1.29, 1.82) is 15.8 Å². The molecule has 0 aliphatic rings. The molecule has 0 aliphatic carbocycles. The van der Waals surface area contributed by atoms with Gasteiger partial charge in [-0.1, -0.05) is 24.3 Å². The summed E-state index contributed by atoms with van der Waals surface area (Å²) in [4.78, 5) is 4.15. The molecule has 0 spiro atoms. The summed E-state index contributed by atoms with van der Waals surface area (Å²) in [6.07, 6.45) is -4.52. The minimum atomic E-state index is -4.52. The summed E-state index contributed by atoms with van der Waals surface area (Å²) in [6.45, 7) is 0. The molecule has 8 heteroatoms. The Hall–Kier alpha value is -4.35. The number of nitrogen functional groups attached to an aromatic ring is 1. The van der Waals surface area contributed by atoms with Gasteiger partial charge in [-0.25, -0.2) is 4.98 Å². The second-order valence-electron chi connectivity index (χ2n) is 5.96. The van der Waals surface area contributed by atoms with Gasteiger partial charge in [-0.2, -0.15) is 29.0 Å². The molecular formula is C21H10F3N5. The molecule has 29 heavy (non-hydrogen) atoms. The first-order valence-electron chi connectivity index (χ1n) is 8.12. The highest BCUT2D eigenvalue weighted by Gasteiger charge is 2.30. The maximum Gasteiger partial charge on any atom is 0.416 e. The van der Waals surface area contributed by atoms with Crippen LogP contribution in [0.15, 0.2) is 48.5 Å². The van der Waals surface area contributed by atoms with E-state index in [1.54, 1.807) is 18.2 Å². The summed E-state index contributed by atoms with van der Waals surface area (Å²) in [5.41, 5.74) is 6.12. The van der Waals surface area contributed by atoms with Crippen molar-refractivity contribution in [2.24, 2.45) is 0 Å². The lowest BCUT2D eigenvalue weighted by atomic mass is 9.91. The van der Waals surface area contributed by atoms with E-state index in [4.69, 9.17) is 11.0 Å². The minimum absolute atomic E-state index is 0.0226. The Kier molecular flexibility index (Phi) is 4.92. The van der Waals surface area contributed by atoms with E-state index >= 15 is 0 Å². The molecule has 0 saturated heterocycles. The molecule has 140 valence electrons. The van der Waals surface area contributed by atoms with Crippen molar-refractivity contribution in [2.75, 3.05) is 5.73 Å². The molecule has 1 aromatic heterocycles. The summed E-state index contributed by atoms with van der Waals surface area (Å²) in [5.74, 6) is -0.168. The number of aromatic nitrogens is 1. The number of alkyl halides is 3. The summed E-state index contributed by atoms with van der Waals surface area (Å²) in [7, 11) is 0. The first kappa shape index (κ1) is 19.4. The van der Waals surface area contributed by atoms with Gasteiger partial charge in [0.05, 0.1) is 28.5 Å². The largest absolute Gasteiger partial charge is 0.416 e. The summed E-state index contributed by atoms with van der Waals surface area (Å²) >= 11 is 0.